The van der Waals surface area contributed by atoms with Crippen molar-refractivity contribution in [1.29, 1.82) is 0 Å². The predicted molar refractivity (Wildman–Crippen MR) is 92.5 cm³/mol. The lowest BCUT2D eigenvalue weighted by molar-refractivity contribution is -0.121. The van der Waals surface area contributed by atoms with E-state index >= 15 is 0 Å². The molecule has 7 nitrogen and oxygen atoms in total. The maximum atomic E-state index is 12.0. The van der Waals surface area contributed by atoms with E-state index in [1.807, 2.05) is 13.8 Å². The number of hydrogen-bond donors (Lipinski definition) is 1. The second-order valence-corrected chi connectivity index (χ2v) is 7.48. The van der Waals surface area contributed by atoms with E-state index in [1.165, 1.54) is 24.3 Å². The Balaban J connectivity index is 2.90. The SMILES string of the molecule is CCOC(=O)c1ccc(N(CCC(=O)NC(C)C)S(C)(=O)=O)cc1. The Morgan fingerprint density at radius 2 is 1.79 bits per heavy atom. The van der Waals surface area contributed by atoms with Gasteiger partial charge in [0.05, 0.1) is 24.1 Å². The Morgan fingerprint density at radius 1 is 1.21 bits per heavy atom. The molecule has 0 aromatic heterocycles. The zero-order chi connectivity index (χ0) is 18.3. The first kappa shape index (κ1) is 20.0. The third kappa shape index (κ3) is 6.19. The van der Waals surface area contributed by atoms with Gasteiger partial charge in [-0.1, -0.05) is 0 Å². The summed E-state index contributed by atoms with van der Waals surface area (Å²) in [5.74, 6) is -0.687. The number of esters is 1. The number of carbonyl (C=O) groups excluding carboxylic acids is 2. The zero-order valence-corrected chi connectivity index (χ0v) is 15.2. The minimum atomic E-state index is -3.55. The van der Waals surface area contributed by atoms with Crippen LogP contribution in [0.5, 0.6) is 0 Å². The van der Waals surface area contributed by atoms with Crippen LogP contribution in [0, 0.1) is 0 Å². The number of amides is 1. The van der Waals surface area contributed by atoms with Gasteiger partial charge in [-0.3, -0.25) is 9.10 Å². The second-order valence-electron chi connectivity index (χ2n) is 5.57. The molecule has 1 aromatic rings. The molecule has 0 radical (unpaired) electrons. The number of carbonyl (C=O) groups is 2. The highest BCUT2D eigenvalue weighted by molar-refractivity contribution is 7.92. The molecule has 24 heavy (non-hydrogen) atoms. The summed E-state index contributed by atoms with van der Waals surface area (Å²) >= 11 is 0. The minimum Gasteiger partial charge on any atom is -0.462 e. The molecule has 1 rings (SSSR count). The number of anilines is 1. The van der Waals surface area contributed by atoms with Gasteiger partial charge in [-0.2, -0.15) is 0 Å². The summed E-state index contributed by atoms with van der Waals surface area (Å²) in [5, 5.41) is 2.72. The molecule has 0 fully saturated rings. The lowest BCUT2D eigenvalue weighted by Crippen LogP contribution is -2.36. The van der Waals surface area contributed by atoms with Gasteiger partial charge in [-0.05, 0) is 45.0 Å². The van der Waals surface area contributed by atoms with Gasteiger partial charge in [0.25, 0.3) is 0 Å². The molecule has 134 valence electrons. The number of rotatable bonds is 8. The zero-order valence-electron chi connectivity index (χ0n) is 14.4. The van der Waals surface area contributed by atoms with Crippen LogP contribution >= 0.6 is 0 Å². The highest BCUT2D eigenvalue weighted by atomic mass is 32.2. The first-order chi connectivity index (χ1) is 11.1. The van der Waals surface area contributed by atoms with Crippen LogP contribution in [0.4, 0.5) is 5.69 Å². The smallest absolute Gasteiger partial charge is 0.338 e. The summed E-state index contributed by atoms with van der Waals surface area (Å²) in [6.07, 6.45) is 1.12. The van der Waals surface area contributed by atoms with Gasteiger partial charge in [0.1, 0.15) is 0 Å². The first-order valence-electron chi connectivity index (χ1n) is 7.69. The average molecular weight is 356 g/mol. The topological polar surface area (TPSA) is 92.8 Å². The third-order valence-electron chi connectivity index (χ3n) is 3.06. The van der Waals surface area contributed by atoms with Gasteiger partial charge in [0, 0.05) is 19.0 Å². The van der Waals surface area contributed by atoms with Crippen molar-refractivity contribution < 1.29 is 22.7 Å². The number of nitrogens with zero attached hydrogens (tertiary/aromatic N) is 1. The van der Waals surface area contributed by atoms with Crippen LogP contribution in [-0.2, 0) is 19.6 Å². The maximum Gasteiger partial charge on any atom is 0.338 e. The average Bonchev–Trinajstić information content (AvgIpc) is 2.46. The van der Waals surface area contributed by atoms with E-state index in [-0.39, 0.29) is 31.5 Å². The summed E-state index contributed by atoms with van der Waals surface area (Å²) in [7, 11) is -3.55. The van der Waals surface area contributed by atoms with Crippen molar-refractivity contribution in [2.24, 2.45) is 0 Å². The summed E-state index contributed by atoms with van der Waals surface area (Å²) in [6.45, 7) is 5.66. The highest BCUT2D eigenvalue weighted by Crippen LogP contribution is 2.19. The van der Waals surface area contributed by atoms with E-state index in [0.29, 0.717) is 11.3 Å². The number of benzene rings is 1. The van der Waals surface area contributed by atoms with Crippen LogP contribution < -0.4 is 9.62 Å². The van der Waals surface area contributed by atoms with Crippen molar-refractivity contribution in [3.05, 3.63) is 29.8 Å². The predicted octanol–water partition coefficient (Wildman–Crippen LogP) is 1.54. The Hall–Kier alpha value is -2.09. The number of hydrogen-bond acceptors (Lipinski definition) is 5. The number of nitrogens with one attached hydrogen (secondary N) is 1. The molecular weight excluding hydrogens is 332 g/mol. The van der Waals surface area contributed by atoms with Crippen LogP contribution in [0.3, 0.4) is 0 Å². The standard InChI is InChI=1S/C16H24N2O5S/c1-5-23-16(20)13-6-8-14(9-7-13)18(24(4,21)22)11-10-15(19)17-12(2)3/h6-9,12H,5,10-11H2,1-4H3,(H,17,19). The van der Waals surface area contributed by atoms with Crippen molar-refractivity contribution >= 4 is 27.6 Å². The van der Waals surface area contributed by atoms with Gasteiger partial charge in [0.15, 0.2) is 0 Å². The lowest BCUT2D eigenvalue weighted by atomic mass is 10.2. The van der Waals surface area contributed by atoms with E-state index < -0.39 is 16.0 Å². The number of sulfonamides is 1. The van der Waals surface area contributed by atoms with Crippen LogP contribution in [0.2, 0.25) is 0 Å². The Kier molecular flexibility index (Phi) is 7.21. The molecule has 0 heterocycles. The molecule has 0 aliphatic rings. The third-order valence-corrected chi connectivity index (χ3v) is 4.25. The van der Waals surface area contributed by atoms with Gasteiger partial charge < -0.3 is 10.1 Å². The van der Waals surface area contributed by atoms with Crippen molar-refractivity contribution in [3.63, 3.8) is 0 Å². The Labute approximate surface area is 143 Å². The number of ether oxygens (including phenoxy) is 1. The summed E-state index contributed by atoms with van der Waals surface area (Å²) in [5.41, 5.74) is 0.731. The molecular formula is C16H24N2O5S. The van der Waals surface area contributed by atoms with Crippen LogP contribution in [-0.4, -0.2) is 45.7 Å². The van der Waals surface area contributed by atoms with Gasteiger partial charge in [-0.25, -0.2) is 13.2 Å². The van der Waals surface area contributed by atoms with Gasteiger partial charge >= 0.3 is 5.97 Å². The summed E-state index contributed by atoms with van der Waals surface area (Å²) in [4.78, 5) is 23.4. The maximum absolute atomic E-state index is 12.0. The van der Waals surface area contributed by atoms with E-state index in [9.17, 15) is 18.0 Å². The normalized spacial score (nSPS) is 11.2. The monoisotopic (exact) mass is 356 g/mol. The Morgan fingerprint density at radius 3 is 2.25 bits per heavy atom. The molecule has 0 saturated carbocycles. The van der Waals surface area contributed by atoms with E-state index in [1.54, 1.807) is 6.92 Å². The fraction of sp³-hybridized carbons (Fsp3) is 0.500. The fourth-order valence-corrected chi connectivity index (χ4v) is 2.99. The molecule has 0 aliphatic carbocycles. The Bertz CT molecular complexity index is 668. The highest BCUT2D eigenvalue weighted by Gasteiger charge is 2.19. The molecule has 8 heteroatoms. The van der Waals surface area contributed by atoms with Crippen molar-refractivity contribution in [2.75, 3.05) is 23.7 Å². The molecule has 1 N–H and O–H groups in total. The molecule has 1 aromatic carbocycles. The molecule has 0 unspecified atom stereocenters. The van der Waals surface area contributed by atoms with Crippen molar-refractivity contribution in [1.82, 2.24) is 5.32 Å². The van der Waals surface area contributed by atoms with Gasteiger partial charge in [-0.15, -0.1) is 0 Å². The van der Waals surface area contributed by atoms with Crippen LogP contribution in [0.25, 0.3) is 0 Å². The van der Waals surface area contributed by atoms with E-state index in [4.69, 9.17) is 4.74 Å². The molecule has 0 aliphatic heterocycles. The van der Waals surface area contributed by atoms with E-state index in [0.717, 1.165) is 10.6 Å². The molecule has 0 atom stereocenters. The lowest BCUT2D eigenvalue weighted by Gasteiger charge is -2.22. The molecule has 1 amide bonds. The first-order valence-corrected chi connectivity index (χ1v) is 9.54. The summed E-state index contributed by atoms with van der Waals surface area (Å²) < 4.78 is 30.0. The van der Waals surface area contributed by atoms with Gasteiger partial charge in [0.2, 0.25) is 15.9 Å². The van der Waals surface area contributed by atoms with Crippen LogP contribution in [0.15, 0.2) is 24.3 Å². The minimum absolute atomic E-state index is 0.00644. The molecule has 0 spiro atoms. The second kappa shape index (κ2) is 8.68. The quantitative estimate of drug-likeness (QED) is 0.713. The van der Waals surface area contributed by atoms with Crippen LogP contribution in [0.1, 0.15) is 37.6 Å². The molecule has 0 bridgehead atoms. The largest absolute Gasteiger partial charge is 0.462 e. The fourth-order valence-electron chi connectivity index (χ4n) is 2.06. The summed E-state index contributed by atoms with van der Waals surface area (Å²) in [6, 6.07) is 6.04. The van der Waals surface area contributed by atoms with Crippen molar-refractivity contribution in [2.45, 2.75) is 33.2 Å². The van der Waals surface area contributed by atoms with Crippen molar-refractivity contribution in [3.8, 4) is 0 Å². The molecule has 0 saturated heterocycles. The van der Waals surface area contributed by atoms with E-state index in [2.05, 4.69) is 5.32 Å².